The summed E-state index contributed by atoms with van der Waals surface area (Å²) in [4.78, 5) is 12.1. The van der Waals surface area contributed by atoms with Crippen molar-refractivity contribution in [3.05, 3.63) is 61.5 Å². The molecule has 1 amide bonds. The van der Waals surface area contributed by atoms with E-state index in [4.69, 9.17) is 11.6 Å². The number of hydrogen-bond acceptors (Lipinski definition) is 1. The average molecular weight is 413 g/mol. The van der Waals surface area contributed by atoms with Crippen molar-refractivity contribution in [3.8, 4) is 0 Å². The molecule has 20 heavy (non-hydrogen) atoms. The van der Waals surface area contributed by atoms with Crippen LogP contribution in [0.5, 0.6) is 0 Å². The predicted molar refractivity (Wildman–Crippen MR) is 89.8 cm³/mol. The monoisotopic (exact) mass is 411 g/mol. The molecule has 1 heterocycles. The molecule has 1 aliphatic rings. The Hall–Kier alpha value is -1.10. The van der Waals surface area contributed by atoms with Gasteiger partial charge in [0.15, 0.2) is 0 Å². The molecule has 3 rings (SSSR count). The summed E-state index contributed by atoms with van der Waals surface area (Å²) in [6, 6.07) is 11.2. The predicted octanol–water partition coefficient (Wildman–Crippen LogP) is 5.36. The van der Waals surface area contributed by atoms with Gasteiger partial charge >= 0.3 is 0 Å². The van der Waals surface area contributed by atoms with E-state index in [0.717, 1.165) is 25.8 Å². The molecule has 0 atom stereocenters. The van der Waals surface area contributed by atoms with Crippen LogP contribution in [-0.2, 0) is 4.79 Å². The van der Waals surface area contributed by atoms with Crippen LogP contribution in [0.2, 0.25) is 5.02 Å². The molecular weight excluding hydrogens is 405 g/mol. The summed E-state index contributed by atoms with van der Waals surface area (Å²) in [5.41, 5.74) is 3.26. The number of halogens is 3. The lowest BCUT2D eigenvalue weighted by Gasteiger charge is -2.02. The van der Waals surface area contributed by atoms with E-state index < -0.39 is 0 Å². The number of rotatable bonds is 1. The molecule has 1 N–H and O–H groups in total. The fourth-order valence-electron chi connectivity index (χ4n) is 2.09. The Balaban J connectivity index is 2.12. The Labute approximate surface area is 138 Å². The maximum atomic E-state index is 12.1. The highest BCUT2D eigenvalue weighted by Crippen LogP contribution is 2.40. The summed E-state index contributed by atoms with van der Waals surface area (Å²) < 4.78 is 1.77. The first-order valence-corrected chi connectivity index (χ1v) is 7.79. The minimum absolute atomic E-state index is 0.103. The Kier molecular flexibility index (Phi) is 3.71. The largest absolute Gasteiger partial charge is 0.320 e. The van der Waals surface area contributed by atoms with E-state index in [0.29, 0.717) is 10.6 Å². The third-order valence-corrected chi connectivity index (χ3v) is 4.34. The molecule has 2 aromatic rings. The van der Waals surface area contributed by atoms with Crippen molar-refractivity contribution in [1.82, 2.24) is 0 Å². The lowest BCUT2D eigenvalue weighted by Crippen LogP contribution is -2.03. The van der Waals surface area contributed by atoms with E-state index >= 15 is 0 Å². The molecule has 0 saturated heterocycles. The summed E-state index contributed by atoms with van der Waals surface area (Å²) in [5.74, 6) is -0.103. The second kappa shape index (κ2) is 5.35. The smallest absolute Gasteiger partial charge is 0.256 e. The number of carbonyl (C=O) groups excluding carboxylic acids is 1. The van der Waals surface area contributed by atoms with Gasteiger partial charge in [-0.25, -0.2) is 0 Å². The number of carbonyl (C=O) groups is 1. The van der Waals surface area contributed by atoms with Gasteiger partial charge in [0.25, 0.3) is 5.91 Å². The van der Waals surface area contributed by atoms with Gasteiger partial charge in [0.2, 0.25) is 0 Å². The van der Waals surface area contributed by atoms with Crippen LogP contribution in [0.4, 0.5) is 5.69 Å². The van der Waals surface area contributed by atoms with Gasteiger partial charge in [0.05, 0.1) is 5.69 Å². The van der Waals surface area contributed by atoms with E-state index in [1.165, 1.54) is 0 Å². The Morgan fingerprint density at radius 3 is 2.50 bits per heavy atom. The van der Waals surface area contributed by atoms with E-state index in [1.807, 2.05) is 30.3 Å². The van der Waals surface area contributed by atoms with E-state index in [2.05, 4.69) is 37.2 Å². The normalized spacial score (nSPS) is 15.3. The molecule has 5 heteroatoms. The van der Waals surface area contributed by atoms with Gasteiger partial charge in [-0.05, 0) is 51.8 Å². The molecule has 0 unspecified atom stereocenters. The fraction of sp³-hybridized carbons (Fsp3) is 0. The van der Waals surface area contributed by atoms with Crippen LogP contribution < -0.4 is 5.32 Å². The zero-order valence-electron chi connectivity index (χ0n) is 10.1. The van der Waals surface area contributed by atoms with Crippen molar-refractivity contribution in [2.45, 2.75) is 0 Å². The molecule has 0 spiro atoms. The second-order valence-corrected chi connectivity index (χ2v) is 6.58. The first-order valence-electron chi connectivity index (χ1n) is 5.82. The molecule has 1 aliphatic heterocycles. The van der Waals surface area contributed by atoms with Crippen LogP contribution in [0, 0.1) is 0 Å². The summed E-state index contributed by atoms with van der Waals surface area (Å²) in [6.45, 7) is 0. The molecule has 2 aromatic carbocycles. The highest BCUT2D eigenvalue weighted by atomic mass is 79.9. The van der Waals surface area contributed by atoms with Crippen molar-refractivity contribution in [2.24, 2.45) is 0 Å². The number of anilines is 1. The summed E-state index contributed by atoms with van der Waals surface area (Å²) in [7, 11) is 0. The van der Waals surface area contributed by atoms with Gasteiger partial charge in [0, 0.05) is 25.1 Å². The minimum atomic E-state index is -0.103. The number of fused-ring (bicyclic) bond motifs is 1. The third kappa shape index (κ3) is 2.55. The van der Waals surface area contributed by atoms with Gasteiger partial charge in [-0.15, -0.1) is 0 Å². The molecule has 2 nitrogen and oxygen atoms in total. The summed E-state index contributed by atoms with van der Waals surface area (Å²) in [6.07, 6.45) is 1.86. The van der Waals surface area contributed by atoms with Gasteiger partial charge in [0.1, 0.15) is 0 Å². The van der Waals surface area contributed by atoms with Crippen LogP contribution >= 0.6 is 43.5 Å². The van der Waals surface area contributed by atoms with Crippen molar-refractivity contribution >= 4 is 66.7 Å². The number of benzene rings is 2. The molecule has 0 bridgehead atoms. The molecule has 0 aromatic heterocycles. The van der Waals surface area contributed by atoms with Crippen molar-refractivity contribution < 1.29 is 4.79 Å². The average Bonchev–Trinajstić information content (AvgIpc) is 2.70. The SMILES string of the molecule is O=C1Nc2c(Br)cc(Br)cc2C1=Cc1ccc(Cl)cc1. The molecule has 0 fully saturated rings. The van der Waals surface area contributed by atoms with Crippen LogP contribution in [0.25, 0.3) is 11.6 Å². The van der Waals surface area contributed by atoms with Gasteiger partial charge in [-0.1, -0.05) is 39.7 Å². The van der Waals surface area contributed by atoms with E-state index in [1.54, 1.807) is 12.1 Å². The lowest BCUT2D eigenvalue weighted by atomic mass is 10.0. The number of amides is 1. The number of hydrogen-bond donors (Lipinski definition) is 1. The minimum Gasteiger partial charge on any atom is -0.320 e. The lowest BCUT2D eigenvalue weighted by molar-refractivity contribution is -0.110. The van der Waals surface area contributed by atoms with Crippen LogP contribution in [-0.4, -0.2) is 5.91 Å². The van der Waals surface area contributed by atoms with Crippen molar-refractivity contribution in [1.29, 1.82) is 0 Å². The Bertz CT molecular complexity index is 738. The van der Waals surface area contributed by atoms with Crippen molar-refractivity contribution in [2.75, 3.05) is 5.32 Å². The van der Waals surface area contributed by atoms with E-state index in [9.17, 15) is 4.79 Å². The van der Waals surface area contributed by atoms with E-state index in [-0.39, 0.29) is 5.91 Å². The second-order valence-electron chi connectivity index (χ2n) is 4.37. The highest BCUT2D eigenvalue weighted by Gasteiger charge is 2.26. The molecule has 100 valence electrons. The maximum Gasteiger partial charge on any atom is 0.256 e. The molecular formula is C15H8Br2ClNO. The standard InChI is InChI=1S/C15H8Br2ClNO/c16-9-6-11-12(5-8-1-3-10(18)4-2-8)15(20)19-14(11)13(17)7-9/h1-7H,(H,19,20). The molecule has 0 aliphatic carbocycles. The third-order valence-electron chi connectivity index (χ3n) is 3.01. The Morgan fingerprint density at radius 1 is 1.10 bits per heavy atom. The maximum absolute atomic E-state index is 12.1. The molecule has 0 saturated carbocycles. The zero-order chi connectivity index (χ0) is 14.3. The van der Waals surface area contributed by atoms with Crippen LogP contribution in [0.15, 0.2) is 45.3 Å². The quantitative estimate of drug-likeness (QED) is 0.627. The highest BCUT2D eigenvalue weighted by molar-refractivity contribution is 9.11. The Morgan fingerprint density at radius 2 is 1.80 bits per heavy atom. The summed E-state index contributed by atoms with van der Waals surface area (Å²) in [5, 5.41) is 3.55. The van der Waals surface area contributed by atoms with Gasteiger partial charge in [-0.3, -0.25) is 4.79 Å². The van der Waals surface area contributed by atoms with Crippen molar-refractivity contribution in [3.63, 3.8) is 0 Å². The summed E-state index contributed by atoms with van der Waals surface area (Å²) >= 11 is 12.8. The van der Waals surface area contributed by atoms with Crippen LogP contribution in [0.3, 0.4) is 0 Å². The molecule has 0 radical (unpaired) electrons. The fourth-order valence-corrected chi connectivity index (χ4v) is 3.54. The first kappa shape index (κ1) is 13.9. The zero-order valence-corrected chi connectivity index (χ0v) is 14.0. The first-order chi connectivity index (χ1) is 9.54. The van der Waals surface area contributed by atoms with Gasteiger partial charge < -0.3 is 5.32 Å². The topological polar surface area (TPSA) is 29.1 Å². The van der Waals surface area contributed by atoms with Crippen LogP contribution in [0.1, 0.15) is 11.1 Å². The number of nitrogens with one attached hydrogen (secondary N) is 1. The van der Waals surface area contributed by atoms with Gasteiger partial charge in [-0.2, -0.15) is 0 Å².